The molecule has 0 unspecified atom stereocenters. The van der Waals surface area contributed by atoms with E-state index in [0.717, 1.165) is 11.3 Å². The van der Waals surface area contributed by atoms with Gasteiger partial charge in [0.2, 0.25) is 5.91 Å². The highest BCUT2D eigenvalue weighted by atomic mass is 32.1. The minimum absolute atomic E-state index is 0.00336. The second-order valence-corrected chi connectivity index (χ2v) is 12.6. The highest BCUT2D eigenvalue weighted by Crippen LogP contribution is 2.43. The zero-order valence-electron chi connectivity index (χ0n) is 23.9. The maximum atomic E-state index is 13.7. The van der Waals surface area contributed by atoms with Gasteiger partial charge in [0.25, 0.3) is 0 Å². The summed E-state index contributed by atoms with van der Waals surface area (Å²) in [6.07, 6.45) is -3.69. The van der Waals surface area contributed by atoms with Crippen molar-refractivity contribution in [2.75, 3.05) is 18.0 Å². The number of fused-ring (bicyclic) bond motifs is 1. The molecule has 41 heavy (non-hydrogen) atoms. The fourth-order valence-electron chi connectivity index (χ4n) is 4.67. The molecule has 0 saturated heterocycles. The summed E-state index contributed by atoms with van der Waals surface area (Å²) >= 11 is 0.685. The number of amides is 1. The molecule has 0 bridgehead atoms. The molecule has 1 aromatic heterocycles. The highest BCUT2D eigenvalue weighted by molar-refractivity contribution is 7.12. The van der Waals surface area contributed by atoms with Gasteiger partial charge in [-0.05, 0) is 76.4 Å². The van der Waals surface area contributed by atoms with Gasteiger partial charge in [0.05, 0.1) is 12.0 Å². The van der Waals surface area contributed by atoms with Gasteiger partial charge in [-0.2, -0.15) is 13.2 Å². The lowest BCUT2D eigenvalue weighted by atomic mass is 10.0. The van der Waals surface area contributed by atoms with Crippen LogP contribution in [-0.4, -0.2) is 36.1 Å². The van der Waals surface area contributed by atoms with Gasteiger partial charge in [-0.1, -0.05) is 30.3 Å². The summed E-state index contributed by atoms with van der Waals surface area (Å²) in [5.41, 5.74) is 0.869. The largest absolute Gasteiger partial charge is 0.488 e. The molecule has 6 nitrogen and oxygen atoms in total. The summed E-state index contributed by atoms with van der Waals surface area (Å²) < 4.78 is 52.4. The Morgan fingerprint density at radius 3 is 2.37 bits per heavy atom. The number of ether oxygens (including phenoxy) is 2. The SMILES string of the molecule is CC(C)(C)OC(=O)CCNC(C)(C)C(=O)N1CCc2cc(OCc3cc(-c4ccccc4)c(C(F)(F)F)s3)ccc21. The normalized spacial score (nSPS) is 13.7. The van der Waals surface area contributed by atoms with Crippen LogP contribution in [0.15, 0.2) is 54.6 Å². The first-order chi connectivity index (χ1) is 19.1. The third kappa shape index (κ3) is 7.68. The van der Waals surface area contributed by atoms with Crippen molar-refractivity contribution in [2.24, 2.45) is 0 Å². The number of hydrogen-bond acceptors (Lipinski definition) is 6. The molecule has 1 N–H and O–H groups in total. The van der Waals surface area contributed by atoms with E-state index in [4.69, 9.17) is 9.47 Å². The summed E-state index contributed by atoms with van der Waals surface area (Å²) in [5.74, 6) is 0.0672. The molecule has 1 aliphatic heterocycles. The molecule has 220 valence electrons. The molecule has 0 saturated carbocycles. The van der Waals surface area contributed by atoms with Crippen LogP contribution >= 0.6 is 11.3 Å². The van der Waals surface area contributed by atoms with Crippen LogP contribution in [0.3, 0.4) is 0 Å². The van der Waals surface area contributed by atoms with Crippen molar-refractivity contribution in [1.29, 1.82) is 0 Å². The third-order valence-corrected chi connectivity index (χ3v) is 7.70. The van der Waals surface area contributed by atoms with Crippen molar-refractivity contribution in [2.45, 2.75) is 71.4 Å². The number of thiophene rings is 1. The Morgan fingerprint density at radius 2 is 1.71 bits per heavy atom. The number of anilines is 1. The fourth-order valence-corrected chi connectivity index (χ4v) is 5.63. The van der Waals surface area contributed by atoms with Gasteiger partial charge in [0, 0.05) is 29.2 Å². The predicted octanol–water partition coefficient (Wildman–Crippen LogP) is 7.00. The minimum Gasteiger partial charge on any atom is -0.488 e. The minimum atomic E-state index is -4.46. The number of carbonyl (C=O) groups excluding carboxylic acids is 2. The van der Waals surface area contributed by atoms with Crippen molar-refractivity contribution >= 4 is 28.9 Å². The number of carbonyl (C=O) groups is 2. The van der Waals surface area contributed by atoms with Crippen molar-refractivity contribution in [3.05, 3.63) is 69.9 Å². The summed E-state index contributed by atoms with van der Waals surface area (Å²) in [6.45, 7) is 9.76. The molecule has 0 spiro atoms. The Labute approximate surface area is 242 Å². The van der Waals surface area contributed by atoms with E-state index in [1.54, 1.807) is 82.0 Å². The average Bonchev–Trinajstić information content (AvgIpc) is 3.51. The fraction of sp³-hybridized carbons (Fsp3) is 0.419. The molecule has 10 heteroatoms. The number of esters is 1. The molecule has 0 radical (unpaired) electrons. The first-order valence-electron chi connectivity index (χ1n) is 13.4. The van der Waals surface area contributed by atoms with Crippen LogP contribution in [0.1, 0.15) is 56.4 Å². The lowest BCUT2D eigenvalue weighted by molar-refractivity contribution is -0.154. The monoisotopic (exact) mass is 588 g/mol. The predicted molar refractivity (Wildman–Crippen MR) is 154 cm³/mol. The zero-order chi connectivity index (χ0) is 30.0. The average molecular weight is 589 g/mol. The van der Waals surface area contributed by atoms with Crippen LogP contribution in [0.2, 0.25) is 0 Å². The molecule has 0 aliphatic carbocycles. The molecule has 3 aromatic rings. The lowest BCUT2D eigenvalue weighted by Gasteiger charge is -2.31. The third-order valence-electron chi connectivity index (χ3n) is 6.55. The lowest BCUT2D eigenvalue weighted by Crippen LogP contribution is -2.54. The highest BCUT2D eigenvalue weighted by Gasteiger charge is 2.37. The first kappa shape index (κ1) is 30.6. The van der Waals surface area contributed by atoms with E-state index in [2.05, 4.69) is 5.32 Å². The maximum Gasteiger partial charge on any atom is 0.426 e. The van der Waals surface area contributed by atoms with E-state index in [9.17, 15) is 22.8 Å². The summed E-state index contributed by atoms with van der Waals surface area (Å²) in [5, 5.41) is 3.17. The van der Waals surface area contributed by atoms with Crippen LogP contribution < -0.4 is 15.0 Å². The number of halogens is 3. The molecule has 2 aromatic carbocycles. The number of nitrogens with one attached hydrogen (secondary N) is 1. The summed E-state index contributed by atoms with van der Waals surface area (Å²) in [7, 11) is 0. The number of alkyl halides is 3. The van der Waals surface area contributed by atoms with E-state index in [1.165, 1.54) is 6.07 Å². The summed E-state index contributed by atoms with van der Waals surface area (Å²) in [4.78, 5) is 26.9. The Balaban J connectivity index is 1.39. The topological polar surface area (TPSA) is 67.9 Å². The Hall–Kier alpha value is -3.37. The second-order valence-electron chi connectivity index (χ2n) is 11.5. The quantitative estimate of drug-likeness (QED) is 0.273. The van der Waals surface area contributed by atoms with Crippen molar-refractivity contribution in [3.8, 4) is 16.9 Å². The molecule has 0 fully saturated rings. The molecular weight excluding hydrogens is 553 g/mol. The zero-order valence-corrected chi connectivity index (χ0v) is 24.7. The van der Waals surface area contributed by atoms with Crippen molar-refractivity contribution < 1.29 is 32.2 Å². The number of hydrogen-bond donors (Lipinski definition) is 1. The standard InChI is InChI=1S/C31H35F3N2O4S/c1-29(2,3)40-26(37)13-15-35-30(4,5)28(38)36-16-14-21-17-22(11-12-25(21)36)39-19-23-18-24(20-9-7-6-8-10-20)27(41-23)31(32,33)34/h6-12,17-18,35H,13-16,19H2,1-5H3. The van der Waals surface area contributed by atoms with Gasteiger partial charge in [-0.3, -0.25) is 9.59 Å². The van der Waals surface area contributed by atoms with Crippen LogP contribution in [-0.2, 0) is 33.5 Å². The van der Waals surface area contributed by atoms with Crippen LogP contribution in [0, 0.1) is 0 Å². The van der Waals surface area contributed by atoms with Gasteiger partial charge in [0.15, 0.2) is 0 Å². The van der Waals surface area contributed by atoms with Crippen LogP contribution in [0.5, 0.6) is 5.75 Å². The van der Waals surface area contributed by atoms with Gasteiger partial charge < -0.3 is 19.7 Å². The Kier molecular flexibility index (Phi) is 8.84. The molecule has 1 aliphatic rings. The van der Waals surface area contributed by atoms with Gasteiger partial charge in [-0.25, -0.2) is 0 Å². The first-order valence-corrected chi connectivity index (χ1v) is 14.3. The van der Waals surface area contributed by atoms with E-state index in [0.29, 0.717) is 47.0 Å². The maximum absolute atomic E-state index is 13.7. The van der Waals surface area contributed by atoms with Crippen LogP contribution in [0.25, 0.3) is 11.1 Å². The van der Waals surface area contributed by atoms with E-state index >= 15 is 0 Å². The van der Waals surface area contributed by atoms with E-state index < -0.39 is 22.2 Å². The molecule has 2 heterocycles. The number of nitrogens with zero attached hydrogens (tertiary/aromatic N) is 1. The van der Waals surface area contributed by atoms with Gasteiger partial charge >= 0.3 is 12.1 Å². The van der Waals surface area contributed by atoms with Gasteiger partial charge in [-0.15, -0.1) is 11.3 Å². The molecule has 1 amide bonds. The van der Waals surface area contributed by atoms with Gasteiger partial charge in [0.1, 0.15) is 22.8 Å². The Morgan fingerprint density at radius 1 is 1.00 bits per heavy atom. The van der Waals surface area contributed by atoms with E-state index in [-0.39, 0.29) is 30.5 Å². The summed E-state index contributed by atoms with van der Waals surface area (Å²) in [6, 6.07) is 15.4. The smallest absolute Gasteiger partial charge is 0.426 e. The van der Waals surface area contributed by atoms with E-state index in [1.807, 2.05) is 6.07 Å². The van der Waals surface area contributed by atoms with Crippen LogP contribution in [0.4, 0.5) is 18.9 Å². The number of rotatable bonds is 9. The van der Waals surface area contributed by atoms with Crippen molar-refractivity contribution in [1.82, 2.24) is 5.32 Å². The Bertz CT molecular complexity index is 1390. The van der Waals surface area contributed by atoms with Crippen molar-refractivity contribution in [3.63, 3.8) is 0 Å². The second kappa shape index (κ2) is 11.9. The molecule has 4 rings (SSSR count). The molecule has 0 atom stereocenters. The number of benzene rings is 2. The molecular formula is C31H35F3N2O4S.